The minimum atomic E-state index is -0.474. The number of ether oxygens (including phenoxy) is 1. The summed E-state index contributed by atoms with van der Waals surface area (Å²) in [6, 6.07) is 12.5. The fourth-order valence-electron chi connectivity index (χ4n) is 3.42. The first-order valence-corrected chi connectivity index (χ1v) is 9.48. The summed E-state index contributed by atoms with van der Waals surface area (Å²) in [4.78, 5) is 25.7. The zero-order valence-corrected chi connectivity index (χ0v) is 16.8. The molecule has 27 heavy (non-hydrogen) atoms. The number of allylic oxidation sites excluding steroid dienone is 2. The SMILES string of the molecule is Cc1ccc(C2=C(OC(=O)c3ccc(Cl)cc3)CC(C)C(C)C2=O)c(C)c1. The molecule has 0 aromatic heterocycles. The van der Waals surface area contributed by atoms with E-state index in [1.54, 1.807) is 24.3 Å². The van der Waals surface area contributed by atoms with Crippen molar-refractivity contribution < 1.29 is 14.3 Å². The Morgan fingerprint density at radius 1 is 1.07 bits per heavy atom. The molecule has 2 atom stereocenters. The molecular formula is C23H23ClO3. The summed E-state index contributed by atoms with van der Waals surface area (Å²) in [5.74, 6) is 0.00862. The van der Waals surface area contributed by atoms with Crippen LogP contribution in [0.25, 0.3) is 5.57 Å². The monoisotopic (exact) mass is 382 g/mol. The Kier molecular flexibility index (Phi) is 5.52. The van der Waals surface area contributed by atoms with Gasteiger partial charge in [-0.05, 0) is 55.2 Å². The van der Waals surface area contributed by atoms with Gasteiger partial charge in [0, 0.05) is 17.4 Å². The van der Waals surface area contributed by atoms with Gasteiger partial charge in [-0.2, -0.15) is 0 Å². The molecule has 0 heterocycles. The summed E-state index contributed by atoms with van der Waals surface area (Å²) < 4.78 is 5.74. The van der Waals surface area contributed by atoms with Crippen LogP contribution >= 0.6 is 11.6 Å². The molecule has 0 radical (unpaired) electrons. The lowest BCUT2D eigenvalue weighted by Gasteiger charge is -2.29. The predicted molar refractivity (Wildman–Crippen MR) is 108 cm³/mol. The van der Waals surface area contributed by atoms with E-state index in [2.05, 4.69) is 0 Å². The van der Waals surface area contributed by atoms with E-state index in [-0.39, 0.29) is 17.6 Å². The molecule has 0 N–H and O–H groups in total. The lowest BCUT2D eigenvalue weighted by molar-refractivity contribution is -0.118. The molecule has 4 heteroatoms. The third kappa shape index (κ3) is 3.98. The number of hydrogen-bond donors (Lipinski definition) is 0. The van der Waals surface area contributed by atoms with Crippen molar-refractivity contribution in [3.8, 4) is 0 Å². The van der Waals surface area contributed by atoms with Gasteiger partial charge in [-0.3, -0.25) is 4.79 Å². The van der Waals surface area contributed by atoms with Crippen molar-refractivity contribution in [1.29, 1.82) is 0 Å². The van der Waals surface area contributed by atoms with E-state index in [1.165, 1.54) is 0 Å². The summed E-state index contributed by atoms with van der Waals surface area (Å²) >= 11 is 5.89. The lowest BCUT2D eigenvalue weighted by Crippen LogP contribution is -2.28. The van der Waals surface area contributed by atoms with Gasteiger partial charge < -0.3 is 4.74 Å². The van der Waals surface area contributed by atoms with Crippen LogP contribution in [-0.4, -0.2) is 11.8 Å². The number of carbonyl (C=O) groups is 2. The first-order chi connectivity index (χ1) is 12.8. The smallest absolute Gasteiger partial charge is 0.343 e. The van der Waals surface area contributed by atoms with Gasteiger partial charge in [-0.15, -0.1) is 0 Å². The molecule has 0 saturated carbocycles. The van der Waals surface area contributed by atoms with Gasteiger partial charge in [0.05, 0.1) is 11.1 Å². The van der Waals surface area contributed by atoms with Gasteiger partial charge >= 0.3 is 5.97 Å². The maximum absolute atomic E-state index is 13.1. The van der Waals surface area contributed by atoms with Gasteiger partial charge in [0.25, 0.3) is 0 Å². The second-order valence-electron chi connectivity index (χ2n) is 7.35. The second kappa shape index (κ2) is 7.69. The number of esters is 1. The highest BCUT2D eigenvalue weighted by molar-refractivity contribution is 6.30. The molecule has 0 aliphatic heterocycles. The number of hydrogen-bond acceptors (Lipinski definition) is 3. The zero-order chi connectivity index (χ0) is 19.7. The molecule has 0 saturated heterocycles. The topological polar surface area (TPSA) is 43.4 Å². The average Bonchev–Trinajstić information content (AvgIpc) is 2.62. The van der Waals surface area contributed by atoms with Crippen LogP contribution in [0.2, 0.25) is 5.02 Å². The highest BCUT2D eigenvalue weighted by Crippen LogP contribution is 2.38. The number of Topliss-reactive ketones (excluding diaryl/α,β-unsaturated/α-hetero) is 1. The van der Waals surface area contributed by atoms with E-state index >= 15 is 0 Å². The van der Waals surface area contributed by atoms with E-state index in [0.29, 0.717) is 28.3 Å². The van der Waals surface area contributed by atoms with Gasteiger partial charge in [-0.25, -0.2) is 4.79 Å². The van der Waals surface area contributed by atoms with Crippen LogP contribution < -0.4 is 0 Å². The summed E-state index contributed by atoms with van der Waals surface area (Å²) in [7, 11) is 0. The van der Waals surface area contributed by atoms with Crippen LogP contribution in [0.15, 0.2) is 48.2 Å². The molecule has 2 unspecified atom stereocenters. The normalized spacial score (nSPS) is 20.0. The van der Waals surface area contributed by atoms with Crippen molar-refractivity contribution in [1.82, 2.24) is 0 Å². The molecule has 1 aliphatic carbocycles. The Balaban J connectivity index is 2.05. The Hall–Kier alpha value is -2.39. The minimum absolute atomic E-state index is 0.0274. The predicted octanol–water partition coefficient (Wildman–Crippen LogP) is 5.77. The van der Waals surface area contributed by atoms with Crippen LogP contribution in [0.1, 0.15) is 47.3 Å². The number of rotatable bonds is 3. The zero-order valence-electron chi connectivity index (χ0n) is 16.0. The molecule has 0 amide bonds. The highest BCUT2D eigenvalue weighted by atomic mass is 35.5. The fraction of sp³-hybridized carbons (Fsp3) is 0.304. The average molecular weight is 383 g/mol. The molecule has 0 bridgehead atoms. The number of benzene rings is 2. The molecule has 1 aliphatic rings. The van der Waals surface area contributed by atoms with Crippen LogP contribution in [0.3, 0.4) is 0 Å². The second-order valence-corrected chi connectivity index (χ2v) is 7.78. The Morgan fingerprint density at radius 2 is 1.74 bits per heavy atom. The molecule has 2 aromatic carbocycles. The molecular weight excluding hydrogens is 360 g/mol. The highest BCUT2D eigenvalue weighted by Gasteiger charge is 2.35. The van der Waals surface area contributed by atoms with E-state index in [9.17, 15) is 9.59 Å². The summed E-state index contributed by atoms with van der Waals surface area (Å²) in [5, 5.41) is 0.553. The number of halogens is 1. The van der Waals surface area contributed by atoms with Crippen molar-refractivity contribution in [3.05, 3.63) is 75.5 Å². The van der Waals surface area contributed by atoms with E-state index in [4.69, 9.17) is 16.3 Å². The Labute approximate surface area is 165 Å². The van der Waals surface area contributed by atoms with Crippen LogP contribution in [0.4, 0.5) is 0 Å². The molecule has 3 rings (SSSR count). The van der Waals surface area contributed by atoms with Crippen molar-refractivity contribution >= 4 is 28.9 Å². The van der Waals surface area contributed by atoms with Crippen LogP contribution in [0, 0.1) is 25.7 Å². The largest absolute Gasteiger partial charge is 0.427 e. The van der Waals surface area contributed by atoms with Crippen molar-refractivity contribution in [2.75, 3.05) is 0 Å². The van der Waals surface area contributed by atoms with Gasteiger partial charge in [0.15, 0.2) is 5.78 Å². The lowest BCUT2D eigenvalue weighted by atomic mass is 9.77. The minimum Gasteiger partial charge on any atom is -0.427 e. The molecule has 0 spiro atoms. The summed E-state index contributed by atoms with van der Waals surface area (Å²) in [5.41, 5.74) is 3.90. The third-order valence-electron chi connectivity index (χ3n) is 5.25. The van der Waals surface area contributed by atoms with E-state index < -0.39 is 5.97 Å². The molecule has 0 fully saturated rings. The standard InChI is InChI=1S/C23H23ClO3/c1-13-5-10-19(15(3)11-13)21-20(12-14(2)16(4)22(21)25)27-23(26)17-6-8-18(24)9-7-17/h5-11,14,16H,12H2,1-4H3. The first-order valence-electron chi connectivity index (χ1n) is 9.10. The van der Waals surface area contributed by atoms with Crippen LogP contribution in [0.5, 0.6) is 0 Å². The Morgan fingerprint density at radius 3 is 2.37 bits per heavy atom. The summed E-state index contributed by atoms with van der Waals surface area (Å²) in [6.45, 7) is 7.94. The molecule has 3 nitrogen and oxygen atoms in total. The number of ketones is 1. The maximum Gasteiger partial charge on any atom is 0.343 e. The van der Waals surface area contributed by atoms with Crippen molar-refractivity contribution in [2.45, 2.75) is 34.1 Å². The Bertz CT molecular complexity index is 925. The number of carbonyl (C=O) groups excluding carboxylic acids is 2. The van der Waals surface area contributed by atoms with Crippen molar-refractivity contribution in [3.63, 3.8) is 0 Å². The van der Waals surface area contributed by atoms with Gasteiger partial charge in [-0.1, -0.05) is 49.2 Å². The fourth-order valence-corrected chi connectivity index (χ4v) is 3.55. The van der Waals surface area contributed by atoms with Crippen molar-refractivity contribution in [2.24, 2.45) is 11.8 Å². The molecule has 2 aromatic rings. The number of aryl methyl sites for hydroxylation is 2. The van der Waals surface area contributed by atoms with Gasteiger partial charge in [0.1, 0.15) is 5.76 Å². The quantitative estimate of drug-likeness (QED) is 0.633. The van der Waals surface area contributed by atoms with Crippen LogP contribution in [-0.2, 0) is 9.53 Å². The molecule has 140 valence electrons. The van der Waals surface area contributed by atoms with E-state index in [1.807, 2.05) is 45.9 Å². The maximum atomic E-state index is 13.1. The van der Waals surface area contributed by atoms with E-state index in [0.717, 1.165) is 16.7 Å². The summed E-state index contributed by atoms with van der Waals surface area (Å²) in [6.07, 6.45) is 0.550. The van der Waals surface area contributed by atoms with Gasteiger partial charge in [0.2, 0.25) is 0 Å². The third-order valence-corrected chi connectivity index (χ3v) is 5.50. The first kappa shape index (κ1) is 19.4.